The standard InChI is InChI=1S/C19H15F3N4O/c20-19(21,22)15-8-4-5-9-16(15)26-18-24-11-14(12-25-18)17(27)23-10-13-6-2-1-3-7-13/h1-9,11-12H,10H2,(H,23,27)(H,24,25,26). The van der Waals surface area contributed by atoms with Gasteiger partial charge in [0.2, 0.25) is 5.95 Å². The number of nitrogens with zero attached hydrogens (tertiary/aromatic N) is 2. The molecule has 0 aliphatic carbocycles. The van der Waals surface area contributed by atoms with Crippen molar-refractivity contribution in [1.29, 1.82) is 0 Å². The van der Waals surface area contributed by atoms with Crippen molar-refractivity contribution in [2.75, 3.05) is 5.32 Å². The number of hydrogen-bond acceptors (Lipinski definition) is 4. The fraction of sp³-hybridized carbons (Fsp3) is 0.105. The van der Waals surface area contributed by atoms with E-state index in [4.69, 9.17) is 0 Å². The molecular formula is C19H15F3N4O. The molecule has 0 bridgehead atoms. The number of para-hydroxylation sites is 1. The minimum absolute atomic E-state index is 0.0358. The highest BCUT2D eigenvalue weighted by molar-refractivity contribution is 5.93. The van der Waals surface area contributed by atoms with Crippen LogP contribution in [0.15, 0.2) is 67.0 Å². The highest BCUT2D eigenvalue weighted by Crippen LogP contribution is 2.35. The number of alkyl halides is 3. The number of rotatable bonds is 5. The van der Waals surface area contributed by atoms with Crippen LogP contribution in [0.3, 0.4) is 0 Å². The van der Waals surface area contributed by atoms with E-state index in [9.17, 15) is 18.0 Å². The lowest BCUT2D eigenvalue weighted by molar-refractivity contribution is -0.136. The average molecular weight is 372 g/mol. The highest BCUT2D eigenvalue weighted by atomic mass is 19.4. The topological polar surface area (TPSA) is 66.9 Å². The van der Waals surface area contributed by atoms with E-state index in [-0.39, 0.29) is 23.1 Å². The predicted molar refractivity (Wildman–Crippen MR) is 94.4 cm³/mol. The molecule has 0 saturated heterocycles. The molecule has 0 aliphatic heterocycles. The van der Waals surface area contributed by atoms with Crippen molar-refractivity contribution in [3.63, 3.8) is 0 Å². The smallest absolute Gasteiger partial charge is 0.348 e. The van der Waals surface area contributed by atoms with Crippen molar-refractivity contribution in [2.24, 2.45) is 0 Å². The molecule has 2 aromatic carbocycles. The van der Waals surface area contributed by atoms with Crippen LogP contribution < -0.4 is 10.6 Å². The summed E-state index contributed by atoms with van der Waals surface area (Å²) >= 11 is 0. The van der Waals surface area contributed by atoms with Crippen molar-refractivity contribution in [3.05, 3.63) is 83.7 Å². The third-order valence-corrected chi connectivity index (χ3v) is 3.69. The molecule has 0 radical (unpaired) electrons. The summed E-state index contributed by atoms with van der Waals surface area (Å²) in [5.41, 5.74) is 0.166. The molecule has 0 atom stereocenters. The van der Waals surface area contributed by atoms with Gasteiger partial charge in [0.25, 0.3) is 5.91 Å². The fourth-order valence-electron chi connectivity index (χ4n) is 2.35. The Hall–Kier alpha value is -3.42. The first-order valence-corrected chi connectivity index (χ1v) is 8.01. The molecule has 138 valence electrons. The molecule has 3 aromatic rings. The number of benzene rings is 2. The van der Waals surface area contributed by atoms with Gasteiger partial charge in [0, 0.05) is 18.9 Å². The molecule has 0 aliphatic rings. The summed E-state index contributed by atoms with van der Waals surface area (Å²) in [4.78, 5) is 20.0. The monoisotopic (exact) mass is 372 g/mol. The number of carbonyl (C=O) groups is 1. The van der Waals surface area contributed by atoms with Crippen LogP contribution in [0.1, 0.15) is 21.5 Å². The summed E-state index contributed by atoms with van der Waals surface area (Å²) in [6.45, 7) is 0.346. The largest absolute Gasteiger partial charge is 0.418 e. The van der Waals surface area contributed by atoms with E-state index in [1.165, 1.54) is 30.6 Å². The molecular weight excluding hydrogens is 357 g/mol. The van der Waals surface area contributed by atoms with Gasteiger partial charge in [0.05, 0.1) is 16.8 Å². The number of amides is 1. The van der Waals surface area contributed by atoms with Crippen LogP contribution in [0.4, 0.5) is 24.8 Å². The van der Waals surface area contributed by atoms with Crippen LogP contribution in [0.5, 0.6) is 0 Å². The van der Waals surface area contributed by atoms with Gasteiger partial charge in [0.15, 0.2) is 0 Å². The van der Waals surface area contributed by atoms with Gasteiger partial charge in [-0.1, -0.05) is 42.5 Å². The van der Waals surface area contributed by atoms with Gasteiger partial charge in [-0.05, 0) is 17.7 Å². The van der Waals surface area contributed by atoms with Crippen LogP contribution in [-0.2, 0) is 12.7 Å². The molecule has 0 fully saturated rings. The van der Waals surface area contributed by atoms with Crippen LogP contribution in [0.2, 0.25) is 0 Å². The van der Waals surface area contributed by atoms with Crippen LogP contribution >= 0.6 is 0 Å². The highest BCUT2D eigenvalue weighted by Gasteiger charge is 2.33. The minimum atomic E-state index is -4.50. The van der Waals surface area contributed by atoms with Gasteiger partial charge in [0.1, 0.15) is 0 Å². The number of hydrogen-bond donors (Lipinski definition) is 2. The first-order valence-electron chi connectivity index (χ1n) is 8.01. The number of nitrogens with one attached hydrogen (secondary N) is 2. The maximum Gasteiger partial charge on any atom is 0.418 e. The maximum absolute atomic E-state index is 13.0. The minimum Gasteiger partial charge on any atom is -0.348 e. The van der Waals surface area contributed by atoms with Gasteiger partial charge in [-0.25, -0.2) is 9.97 Å². The van der Waals surface area contributed by atoms with Gasteiger partial charge in [-0.15, -0.1) is 0 Å². The zero-order valence-electron chi connectivity index (χ0n) is 14.0. The number of carbonyl (C=O) groups excluding carboxylic acids is 1. The van der Waals surface area contributed by atoms with E-state index in [0.717, 1.165) is 11.6 Å². The number of aromatic nitrogens is 2. The lowest BCUT2D eigenvalue weighted by Gasteiger charge is -2.13. The van der Waals surface area contributed by atoms with Crippen LogP contribution in [-0.4, -0.2) is 15.9 Å². The summed E-state index contributed by atoms with van der Waals surface area (Å²) < 4.78 is 39.0. The second-order valence-corrected chi connectivity index (χ2v) is 5.63. The third kappa shape index (κ3) is 4.81. The molecule has 2 N–H and O–H groups in total. The quantitative estimate of drug-likeness (QED) is 0.706. The summed E-state index contributed by atoms with van der Waals surface area (Å²) in [5, 5.41) is 5.25. The second kappa shape index (κ2) is 7.86. The summed E-state index contributed by atoms with van der Waals surface area (Å²) in [6, 6.07) is 14.4. The Morgan fingerprint density at radius 3 is 2.22 bits per heavy atom. The molecule has 0 saturated carbocycles. The normalized spacial score (nSPS) is 11.1. The molecule has 8 heteroatoms. The van der Waals surface area contributed by atoms with Crippen molar-refractivity contribution in [3.8, 4) is 0 Å². The Morgan fingerprint density at radius 1 is 0.926 bits per heavy atom. The van der Waals surface area contributed by atoms with Crippen molar-refractivity contribution < 1.29 is 18.0 Å². The van der Waals surface area contributed by atoms with Crippen molar-refractivity contribution >= 4 is 17.5 Å². The van der Waals surface area contributed by atoms with E-state index in [1.54, 1.807) is 0 Å². The van der Waals surface area contributed by atoms with Gasteiger partial charge in [-0.3, -0.25) is 4.79 Å². The average Bonchev–Trinajstić information content (AvgIpc) is 2.67. The molecule has 3 rings (SSSR count). The first kappa shape index (κ1) is 18.4. The van der Waals surface area contributed by atoms with E-state index < -0.39 is 11.7 Å². The molecule has 5 nitrogen and oxygen atoms in total. The molecule has 1 amide bonds. The van der Waals surface area contributed by atoms with E-state index in [1.807, 2.05) is 30.3 Å². The Labute approximate surface area is 153 Å². The van der Waals surface area contributed by atoms with Gasteiger partial charge >= 0.3 is 6.18 Å². The van der Waals surface area contributed by atoms with E-state index >= 15 is 0 Å². The first-order chi connectivity index (χ1) is 12.9. The van der Waals surface area contributed by atoms with E-state index in [0.29, 0.717) is 6.54 Å². The zero-order valence-corrected chi connectivity index (χ0v) is 14.0. The zero-order chi connectivity index (χ0) is 19.3. The molecule has 0 unspecified atom stereocenters. The Bertz CT molecular complexity index is 912. The number of halogens is 3. The lowest BCUT2D eigenvalue weighted by atomic mass is 10.1. The maximum atomic E-state index is 13.0. The second-order valence-electron chi connectivity index (χ2n) is 5.63. The summed E-state index contributed by atoms with van der Waals surface area (Å²) in [5.74, 6) is -0.410. The third-order valence-electron chi connectivity index (χ3n) is 3.69. The number of anilines is 2. The molecule has 27 heavy (non-hydrogen) atoms. The SMILES string of the molecule is O=C(NCc1ccccc1)c1cnc(Nc2ccccc2C(F)(F)F)nc1. The Morgan fingerprint density at radius 2 is 1.56 bits per heavy atom. The Balaban J connectivity index is 1.66. The molecule has 0 spiro atoms. The predicted octanol–water partition coefficient (Wildman–Crippen LogP) is 4.17. The molecule has 1 heterocycles. The Kier molecular flexibility index (Phi) is 5.35. The van der Waals surface area contributed by atoms with Gasteiger partial charge < -0.3 is 10.6 Å². The van der Waals surface area contributed by atoms with Gasteiger partial charge in [-0.2, -0.15) is 13.2 Å². The molecule has 1 aromatic heterocycles. The van der Waals surface area contributed by atoms with Crippen LogP contribution in [0, 0.1) is 0 Å². The summed E-state index contributed by atoms with van der Waals surface area (Å²) in [7, 11) is 0. The van der Waals surface area contributed by atoms with Crippen LogP contribution in [0.25, 0.3) is 0 Å². The lowest BCUT2D eigenvalue weighted by Crippen LogP contribution is -2.23. The van der Waals surface area contributed by atoms with Crippen molar-refractivity contribution in [1.82, 2.24) is 15.3 Å². The fourth-order valence-corrected chi connectivity index (χ4v) is 2.35. The van der Waals surface area contributed by atoms with Crippen molar-refractivity contribution in [2.45, 2.75) is 12.7 Å². The van der Waals surface area contributed by atoms with E-state index in [2.05, 4.69) is 20.6 Å². The summed E-state index contributed by atoms with van der Waals surface area (Å²) in [6.07, 6.45) is -1.99.